The van der Waals surface area contributed by atoms with E-state index in [1.807, 2.05) is 24.4 Å². The lowest BCUT2D eigenvalue weighted by Crippen LogP contribution is -2.38. The van der Waals surface area contributed by atoms with Gasteiger partial charge in [0.1, 0.15) is 16.3 Å². The van der Waals surface area contributed by atoms with E-state index in [1.165, 1.54) is 5.56 Å². The Balaban J connectivity index is 1.56. The standard InChI is InChI=1S/C19H23N3O4S/c1-12-19(13(2)26-21-12)27(23,24)22-8-6-14(7-9-22)17-11-20-18-5-4-15(25-3)10-16(17)18/h4-5,10-11,14,20H,6-9H2,1-3H3. The van der Waals surface area contributed by atoms with Gasteiger partial charge in [0, 0.05) is 30.2 Å². The van der Waals surface area contributed by atoms with E-state index < -0.39 is 10.0 Å². The molecule has 3 aromatic rings. The second-order valence-electron chi connectivity index (χ2n) is 6.99. The summed E-state index contributed by atoms with van der Waals surface area (Å²) in [7, 11) is -1.92. The lowest BCUT2D eigenvalue weighted by molar-refractivity contribution is 0.319. The van der Waals surface area contributed by atoms with Crippen molar-refractivity contribution in [2.24, 2.45) is 0 Å². The van der Waals surface area contributed by atoms with E-state index in [-0.39, 0.29) is 4.90 Å². The largest absolute Gasteiger partial charge is 0.497 e. The Bertz CT molecular complexity index is 1060. The van der Waals surface area contributed by atoms with E-state index in [0.29, 0.717) is 30.5 Å². The molecule has 1 aliphatic rings. The summed E-state index contributed by atoms with van der Waals surface area (Å²) in [6, 6.07) is 5.98. The van der Waals surface area contributed by atoms with Crippen molar-refractivity contribution in [1.29, 1.82) is 0 Å². The number of piperidine rings is 1. The molecular formula is C19H23N3O4S. The summed E-state index contributed by atoms with van der Waals surface area (Å²) in [5.41, 5.74) is 2.70. The Hall–Kier alpha value is -2.32. The van der Waals surface area contributed by atoms with Crippen molar-refractivity contribution in [2.45, 2.75) is 37.5 Å². The highest BCUT2D eigenvalue weighted by Gasteiger charge is 2.34. The topological polar surface area (TPSA) is 88.4 Å². The van der Waals surface area contributed by atoms with E-state index in [2.05, 4.69) is 10.1 Å². The van der Waals surface area contributed by atoms with Gasteiger partial charge in [-0.3, -0.25) is 0 Å². The average molecular weight is 389 g/mol. The summed E-state index contributed by atoms with van der Waals surface area (Å²) in [4.78, 5) is 3.51. The van der Waals surface area contributed by atoms with Gasteiger partial charge >= 0.3 is 0 Å². The third-order valence-corrected chi connectivity index (χ3v) is 7.52. The summed E-state index contributed by atoms with van der Waals surface area (Å²) < 4.78 is 37.9. The molecular weight excluding hydrogens is 366 g/mol. The van der Waals surface area contributed by atoms with Gasteiger partial charge in [0.15, 0.2) is 5.76 Å². The predicted molar refractivity (Wildman–Crippen MR) is 102 cm³/mol. The number of sulfonamides is 1. The van der Waals surface area contributed by atoms with Crippen molar-refractivity contribution < 1.29 is 17.7 Å². The van der Waals surface area contributed by atoms with Crippen LogP contribution in [0, 0.1) is 13.8 Å². The number of benzene rings is 1. The highest BCUT2D eigenvalue weighted by molar-refractivity contribution is 7.89. The van der Waals surface area contributed by atoms with Crippen LogP contribution < -0.4 is 4.74 Å². The number of aromatic nitrogens is 2. The van der Waals surface area contributed by atoms with Gasteiger partial charge in [0.25, 0.3) is 0 Å². The highest BCUT2D eigenvalue weighted by atomic mass is 32.2. The molecule has 0 aliphatic carbocycles. The maximum atomic E-state index is 13.0. The van der Waals surface area contributed by atoms with Crippen LogP contribution in [0.15, 0.2) is 33.8 Å². The Morgan fingerprint density at radius 2 is 2.00 bits per heavy atom. The molecule has 8 heteroatoms. The fourth-order valence-electron chi connectivity index (χ4n) is 3.97. The van der Waals surface area contributed by atoms with Crippen molar-refractivity contribution in [3.63, 3.8) is 0 Å². The number of aryl methyl sites for hydroxylation is 2. The molecule has 1 aromatic carbocycles. The number of ether oxygens (including phenoxy) is 1. The molecule has 144 valence electrons. The first-order valence-electron chi connectivity index (χ1n) is 9.00. The van der Waals surface area contributed by atoms with Crippen molar-refractivity contribution >= 4 is 20.9 Å². The minimum Gasteiger partial charge on any atom is -0.497 e. The zero-order valence-corrected chi connectivity index (χ0v) is 16.5. The van der Waals surface area contributed by atoms with Gasteiger partial charge in [0.05, 0.1) is 7.11 Å². The lowest BCUT2D eigenvalue weighted by atomic mass is 9.90. The van der Waals surface area contributed by atoms with Crippen LogP contribution in [0.3, 0.4) is 0 Å². The Labute approximate surface area is 158 Å². The Morgan fingerprint density at radius 3 is 2.63 bits per heavy atom. The van der Waals surface area contributed by atoms with Crippen LogP contribution in [-0.4, -0.2) is 43.1 Å². The van der Waals surface area contributed by atoms with Gasteiger partial charge in [-0.2, -0.15) is 4.31 Å². The molecule has 3 heterocycles. The normalized spacial score (nSPS) is 16.9. The first kappa shape index (κ1) is 18.1. The second kappa shape index (κ2) is 6.69. The van der Waals surface area contributed by atoms with E-state index in [9.17, 15) is 8.42 Å². The summed E-state index contributed by atoms with van der Waals surface area (Å²) in [5.74, 6) is 1.47. The van der Waals surface area contributed by atoms with Gasteiger partial charge in [-0.05, 0) is 56.4 Å². The molecule has 7 nitrogen and oxygen atoms in total. The minimum atomic E-state index is -3.58. The average Bonchev–Trinajstić information content (AvgIpc) is 3.24. The number of H-pyrrole nitrogens is 1. The predicted octanol–water partition coefficient (Wildman–Crippen LogP) is 3.35. The molecule has 0 spiro atoms. The van der Waals surface area contributed by atoms with E-state index >= 15 is 0 Å². The summed E-state index contributed by atoms with van der Waals surface area (Å²) in [6.45, 7) is 4.26. The minimum absolute atomic E-state index is 0.206. The number of fused-ring (bicyclic) bond motifs is 1. The van der Waals surface area contributed by atoms with Gasteiger partial charge in [-0.15, -0.1) is 0 Å². The van der Waals surface area contributed by atoms with Crippen molar-refractivity contribution in [1.82, 2.24) is 14.4 Å². The SMILES string of the molecule is COc1ccc2[nH]cc(C3CCN(S(=O)(=O)c4c(C)noc4C)CC3)c2c1. The molecule has 0 atom stereocenters. The molecule has 1 N–H and O–H groups in total. The number of aromatic amines is 1. The quantitative estimate of drug-likeness (QED) is 0.739. The lowest BCUT2D eigenvalue weighted by Gasteiger charge is -2.31. The third kappa shape index (κ3) is 3.02. The fourth-order valence-corrected chi connectivity index (χ4v) is 5.73. The van der Waals surface area contributed by atoms with Crippen LogP contribution in [0.2, 0.25) is 0 Å². The Kier molecular flexibility index (Phi) is 4.47. The zero-order valence-electron chi connectivity index (χ0n) is 15.7. The summed E-state index contributed by atoms with van der Waals surface area (Å²) in [6.07, 6.45) is 3.58. The van der Waals surface area contributed by atoms with Crippen LogP contribution in [-0.2, 0) is 10.0 Å². The monoisotopic (exact) mass is 389 g/mol. The van der Waals surface area contributed by atoms with Crippen LogP contribution in [0.1, 0.15) is 35.8 Å². The number of hydrogen-bond acceptors (Lipinski definition) is 5. The fraction of sp³-hybridized carbons (Fsp3) is 0.421. The smallest absolute Gasteiger partial charge is 0.248 e. The molecule has 4 rings (SSSR count). The molecule has 0 amide bonds. The molecule has 0 bridgehead atoms. The molecule has 27 heavy (non-hydrogen) atoms. The van der Waals surface area contributed by atoms with Crippen LogP contribution >= 0.6 is 0 Å². The summed E-state index contributed by atoms with van der Waals surface area (Å²) >= 11 is 0. The second-order valence-corrected chi connectivity index (χ2v) is 8.86. The number of hydrogen-bond donors (Lipinski definition) is 1. The van der Waals surface area contributed by atoms with Crippen molar-refractivity contribution in [3.8, 4) is 5.75 Å². The van der Waals surface area contributed by atoms with Gasteiger partial charge in [-0.25, -0.2) is 8.42 Å². The maximum absolute atomic E-state index is 13.0. The summed E-state index contributed by atoms with van der Waals surface area (Å²) in [5, 5.41) is 4.93. The van der Waals surface area contributed by atoms with E-state index in [4.69, 9.17) is 9.26 Å². The molecule has 1 fully saturated rings. The van der Waals surface area contributed by atoms with Crippen LogP contribution in [0.5, 0.6) is 5.75 Å². The molecule has 1 saturated heterocycles. The maximum Gasteiger partial charge on any atom is 0.248 e. The Morgan fingerprint density at radius 1 is 1.26 bits per heavy atom. The first-order chi connectivity index (χ1) is 12.9. The van der Waals surface area contributed by atoms with Crippen molar-refractivity contribution in [3.05, 3.63) is 41.4 Å². The van der Waals surface area contributed by atoms with E-state index in [1.54, 1.807) is 25.3 Å². The van der Waals surface area contributed by atoms with Gasteiger partial charge in [-0.1, -0.05) is 5.16 Å². The molecule has 0 saturated carbocycles. The molecule has 1 aliphatic heterocycles. The van der Waals surface area contributed by atoms with Crippen LogP contribution in [0.4, 0.5) is 0 Å². The number of rotatable bonds is 4. The molecule has 0 radical (unpaired) electrons. The zero-order chi connectivity index (χ0) is 19.2. The van der Waals surface area contributed by atoms with Gasteiger partial charge in [0.2, 0.25) is 10.0 Å². The van der Waals surface area contributed by atoms with Crippen LogP contribution in [0.25, 0.3) is 10.9 Å². The third-order valence-electron chi connectivity index (χ3n) is 5.38. The van der Waals surface area contributed by atoms with Gasteiger partial charge < -0.3 is 14.2 Å². The molecule has 0 unspecified atom stereocenters. The van der Waals surface area contributed by atoms with Crippen molar-refractivity contribution in [2.75, 3.05) is 20.2 Å². The highest BCUT2D eigenvalue weighted by Crippen LogP contribution is 2.36. The number of nitrogens with zero attached hydrogens (tertiary/aromatic N) is 2. The van der Waals surface area contributed by atoms with E-state index in [0.717, 1.165) is 29.5 Å². The number of nitrogens with one attached hydrogen (secondary N) is 1. The first-order valence-corrected chi connectivity index (χ1v) is 10.4. The molecule has 2 aromatic heterocycles. The number of methoxy groups -OCH3 is 1.